The molecule has 23 heavy (non-hydrogen) atoms. The second kappa shape index (κ2) is 5.81. The van der Waals surface area contributed by atoms with Gasteiger partial charge in [-0.1, -0.05) is 12.1 Å². The number of methoxy groups -OCH3 is 2. The number of rotatable bonds is 3. The molecule has 0 bridgehead atoms. The number of hydrogen-bond donors (Lipinski definition) is 2. The van der Waals surface area contributed by atoms with Crippen LogP contribution >= 0.6 is 0 Å². The van der Waals surface area contributed by atoms with Crippen LogP contribution in [-0.4, -0.2) is 36.3 Å². The molecule has 0 unspecified atom stereocenters. The van der Waals surface area contributed by atoms with Crippen LogP contribution in [0.3, 0.4) is 0 Å². The van der Waals surface area contributed by atoms with Gasteiger partial charge in [0.25, 0.3) is 0 Å². The number of aliphatic hydroxyl groups is 1. The molecule has 1 aliphatic heterocycles. The van der Waals surface area contributed by atoms with Crippen molar-refractivity contribution < 1.29 is 29.2 Å². The van der Waals surface area contributed by atoms with Gasteiger partial charge in [0.1, 0.15) is 11.5 Å². The number of hydrogen-bond acceptors (Lipinski definition) is 6. The van der Waals surface area contributed by atoms with Crippen molar-refractivity contribution >= 4 is 5.78 Å². The zero-order valence-electron chi connectivity index (χ0n) is 12.6. The normalized spacial score (nSPS) is 19.7. The Morgan fingerprint density at radius 2 is 1.65 bits per heavy atom. The molecule has 2 aromatic carbocycles. The minimum atomic E-state index is -1.34. The van der Waals surface area contributed by atoms with E-state index in [1.54, 1.807) is 18.2 Å². The highest BCUT2D eigenvalue weighted by Crippen LogP contribution is 2.41. The molecule has 0 saturated heterocycles. The third-order valence-electron chi connectivity index (χ3n) is 3.78. The molecule has 6 heteroatoms. The van der Waals surface area contributed by atoms with Crippen LogP contribution in [0.25, 0.3) is 0 Å². The van der Waals surface area contributed by atoms with Crippen LogP contribution in [0, 0.1) is 0 Å². The number of fused-ring (bicyclic) bond motifs is 1. The van der Waals surface area contributed by atoms with Gasteiger partial charge in [-0.2, -0.15) is 0 Å². The maximum Gasteiger partial charge on any atom is 0.199 e. The molecule has 6 nitrogen and oxygen atoms in total. The first-order valence-electron chi connectivity index (χ1n) is 6.99. The Bertz CT molecular complexity index is 737. The third-order valence-corrected chi connectivity index (χ3v) is 3.78. The summed E-state index contributed by atoms with van der Waals surface area (Å²) < 4.78 is 16.2. The van der Waals surface area contributed by atoms with Gasteiger partial charge in [0.05, 0.1) is 19.8 Å². The Kier molecular flexibility index (Phi) is 3.83. The molecular formula is C17H16O6. The number of carbonyl (C=O) groups excluding carboxylic acids is 1. The quantitative estimate of drug-likeness (QED) is 0.902. The number of ether oxygens (including phenoxy) is 3. The van der Waals surface area contributed by atoms with Crippen LogP contribution in [0.4, 0.5) is 0 Å². The van der Waals surface area contributed by atoms with Crippen molar-refractivity contribution in [1.29, 1.82) is 0 Å². The highest BCUT2D eigenvalue weighted by atomic mass is 16.5. The van der Waals surface area contributed by atoms with Gasteiger partial charge in [-0.25, -0.2) is 0 Å². The average Bonchev–Trinajstić information content (AvgIpc) is 2.58. The first kappa shape index (κ1) is 15.2. The molecule has 1 heterocycles. The van der Waals surface area contributed by atoms with E-state index in [-0.39, 0.29) is 11.3 Å². The average molecular weight is 316 g/mol. The number of ketones is 1. The summed E-state index contributed by atoms with van der Waals surface area (Å²) in [6.07, 6.45) is -2.20. The van der Waals surface area contributed by atoms with Gasteiger partial charge in [-0.3, -0.25) is 4.79 Å². The second-order valence-corrected chi connectivity index (χ2v) is 5.14. The molecule has 0 aliphatic carbocycles. The number of benzene rings is 2. The smallest absolute Gasteiger partial charge is 0.199 e. The van der Waals surface area contributed by atoms with E-state index in [1.807, 2.05) is 0 Å². The highest BCUT2D eigenvalue weighted by Gasteiger charge is 2.37. The number of aliphatic hydroxyl groups excluding tert-OH is 1. The van der Waals surface area contributed by atoms with Crippen molar-refractivity contribution in [3.05, 3.63) is 47.5 Å². The lowest BCUT2D eigenvalue weighted by Gasteiger charge is -2.30. The minimum absolute atomic E-state index is 0.0946. The Balaban J connectivity index is 2.04. The summed E-state index contributed by atoms with van der Waals surface area (Å²) in [5.74, 6) is 0.775. The Morgan fingerprint density at radius 3 is 2.26 bits per heavy atom. The van der Waals surface area contributed by atoms with Crippen molar-refractivity contribution in [3.8, 4) is 23.0 Å². The molecule has 0 fully saturated rings. The van der Waals surface area contributed by atoms with E-state index in [4.69, 9.17) is 14.2 Å². The first-order valence-corrected chi connectivity index (χ1v) is 6.99. The fraction of sp³-hybridized carbons (Fsp3) is 0.235. The van der Waals surface area contributed by atoms with E-state index in [1.165, 1.54) is 32.4 Å². The van der Waals surface area contributed by atoms with E-state index < -0.39 is 18.0 Å². The van der Waals surface area contributed by atoms with Crippen molar-refractivity contribution in [2.24, 2.45) is 0 Å². The predicted octanol–water partition coefficient (Wildman–Crippen LogP) is 2.09. The Morgan fingerprint density at radius 1 is 1.04 bits per heavy atom. The molecule has 3 rings (SSSR count). The number of carbonyl (C=O) groups is 1. The largest absolute Gasteiger partial charge is 0.508 e. The summed E-state index contributed by atoms with van der Waals surface area (Å²) in [6.45, 7) is 0. The molecule has 2 atom stereocenters. The summed E-state index contributed by atoms with van der Waals surface area (Å²) in [6, 6.07) is 9.20. The van der Waals surface area contributed by atoms with Gasteiger partial charge >= 0.3 is 0 Å². The molecule has 0 spiro atoms. The molecule has 1 aliphatic rings. The summed E-state index contributed by atoms with van der Waals surface area (Å²) in [4.78, 5) is 12.5. The number of Topliss-reactive ketones (excluding diaryl/α,β-unsaturated/α-hetero) is 1. The van der Waals surface area contributed by atoms with Crippen LogP contribution in [-0.2, 0) is 0 Å². The lowest BCUT2D eigenvalue weighted by atomic mass is 9.93. The topological polar surface area (TPSA) is 85.2 Å². The molecule has 0 aromatic heterocycles. The summed E-state index contributed by atoms with van der Waals surface area (Å²) in [5, 5.41) is 19.6. The zero-order chi connectivity index (χ0) is 16.6. The van der Waals surface area contributed by atoms with Crippen LogP contribution in [0.1, 0.15) is 22.0 Å². The fourth-order valence-electron chi connectivity index (χ4n) is 2.56. The highest BCUT2D eigenvalue weighted by molar-refractivity contribution is 6.03. The lowest BCUT2D eigenvalue weighted by molar-refractivity contribution is 0.0214. The Hall–Kier alpha value is -2.73. The van der Waals surface area contributed by atoms with Gasteiger partial charge in [0.15, 0.2) is 29.5 Å². The molecular weight excluding hydrogens is 300 g/mol. The molecule has 0 amide bonds. The third kappa shape index (κ3) is 2.57. The SMILES string of the molecule is COc1cc2c(cc1OC)C(=O)[C@@H](O)[C@H](c1ccc(O)cc1)O2. The maximum absolute atomic E-state index is 12.5. The zero-order valence-corrected chi connectivity index (χ0v) is 12.6. The monoisotopic (exact) mass is 316 g/mol. The van der Waals surface area contributed by atoms with Gasteiger partial charge in [0.2, 0.25) is 0 Å². The minimum Gasteiger partial charge on any atom is -0.508 e. The molecule has 0 radical (unpaired) electrons. The van der Waals surface area contributed by atoms with E-state index in [2.05, 4.69) is 0 Å². The van der Waals surface area contributed by atoms with Crippen LogP contribution in [0.5, 0.6) is 23.0 Å². The molecule has 2 N–H and O–H groups in total. The summed E-state index contributed by atoms with van der Waals surface area (Å²) in [7, 11) is 2.95. The molecule has 120 valence electrons. The van der Waals surface area contributed by atoms with Gasteiger partial charge < -0.3 is 24.4 Å². The second-order valence-electron chi connectivity index (χ2n) is 5.14. The molecule has 0 saturated carbocycles. The van der Waals surface area contributed by atoms with Crippen LogP contribution in [0.2, 0.25) is 0 Å². The standard InChI is InChI=1S/C17H16O6/c1-21-13-7-11-12(8-14(13)22-2)23-17(16(20)15(11)19)9-3-5-10(18)6-4-9/h3-8,16-18,20H,1-2H3/t16-,17+/m1/s1. The van der Waals surface area contributed by atoms with Crippen LogP contribution in [0.15, 0.2) is 36.4 Å². The summed E-state index contributed by atoms with van der Waals surface area (Å²) in [5.41, 5.74) is 0.828. The Labute approximate surface area is 132 Å². The predicted molar refractivity (Wildman–Crippen MR) is 81.4 cm³/mol. The van der Waals surface area contributed by atoms with Gasteiger partial charge in [0, 0.05) is 6.07 Å². The van der Waals surface area contributed by atoms with Crippen LogP contribution < -0.4 is 14.2 Å². The van der Waals surface area contributed by atoms with Gasteiger partial charge in [-0.15, -0.1) is 0 Å². The van der Waals surface area contributed by atoms with E-state index in [0.29, 0.717) is 22.8 Å². The number of phenols is 1. The van der Waals surface area contributed by atoms with Crippen molar-refractivity contribution in [3.63, 3.8) is 0 Å². The lowest BCUT2D eigenvalue weighted by Crippen LogP contribution is -2.36. The first-order chi connectivity index (χ1) is 11.0. The van der Waals surface area contributed by atoms with Crippen molar-refractivity contribution in [1.82, 2.24) is 0 Å². The van der Waals surface area contributed by atoms with Crippen molar-refractivity contribution in [2.45, 2.75) is 12.2 Å². The van der Waals surface area contributed by atoms with E-state index in [9.17, 15) is 15.0 Å². The number of phenolic OH excluding ortho intramolecular Hbond substituents is 1. The van der Waals surface area contributed by atoms with E-state index >= 15 is 0 Å². The maximum atomic E-state index is 12.5. The molecule has 2 aromatic rings. The van der Waals surface area contributed by atoms with Crippen molar-refractivity contribution in [2.75, 3.05) is 14.2 Å². The fourth-order valence-corrected chi connectivity index (χ4v) is 2.56. The van der Waals surface area contributed by atoms with Gasteiger partial charge in [-0.05, 0) is 23.8 Å². The van der Waals surface area contributed by atoms with E-state index in [0.717, 1.165) is 0 Å². The number of aromatic hydroxyl groups is 1. The summed E-state index contributed by atoms with van der Waals surface area (Å²) >= 11 is 0.